The van der Waals surface area contributed by atoms with Crippen LogP contribution < -0.4 is 11.1 Å². The molecule has 0 spiro atoms. The van der Waals surface area contributed by atoms with Crippen molar-refractivity contribution in [2.24, 2.45) is 5.73 Å². The van der Waals surface area contributed by atoms with Crippen LogP contribution >= 0.6 is 0 Å². The summed E-state index contributed by atoms with van der Waals surface area (Å²) in [6.07, 6.45) is 0. The maximum Gasteiger partial charge on any atom is 0.252 e. The summed E-state index contributed by atoms with van der Waals surface area (Å²) < 4.78 is 5.98. The van der Waals surface area contributed by atoms with Crippen LogP contribution in [0.1, 0.15) is 35.3 Å². The molecule has 0 aromatic heterocycles. The first-order valence-electron chi connectivity index (χ1n) is 10.2. The zero-order chi connectivity index (χ0) is 22.3. The van der Waals surface area contributed by atoms with E-state index in [1.165, 1.54) is 0 Å². The minimum atomic E-state index is -1.48. The highest BCUT2D eigenvalue weighted by Crippen LogP contribution is 2.36. The van der Waals surface area contributed by atoms with Crippen LogP contribution in [0.3, 0.4) is 0 Å². The molecule has 3 N–H and O–H groups in total. The Hall–Kier alpha value is -3.44. The van der Waals surface area contributed by atoms with Crippen molar-refractivity contribution >= 4 is 11.8 Å². The molecule has 0 aliphatic carbocycles. The van der Waals surface area contributed by atoms with E-state index in [1.807, 2.05) is 80.6 Å². The normalized spacial score (nSPS) is 13.2. The van der Waals surface area contributed by atoms with Gasteiger partial charge in [0.2, 0.25) is 5.91 Å². The van der Waals surface area contributed by atoms with Crippen LogP contribution in [-0.4, -0.2) is 24.0 Å². The summed E-state index contributed by atoms with van der Waals surface area (Å²) in [6.45, 7) is 4.01. The zero-order valence-corrected chi connectivity index (χ0v) is 17.9. The Morgan fingerprint density at radius 2 is 1.35 bits per heavy atom. The maximum absolute atomic E-state index is 13.1. The highest BCUT2D eigenvalue weighted by Gasteiger charge is 2.52. The fourth-order valence-electron chi connectivity index (χ4n) is 3.67. The molecule has 5 heteroatoms. The van der Waals surface area contributed by atoms with Crippen LogP contribution in [-0.2, 0) is 21.6 Å². The lowest BCUT2D eigenvalue weighted by atomic mass is 9.67. The number of hydrogen-bond acceptors (Lipinski definition) is 3. The van der Waals surface area contributed by atoms with Gasteiger partial charge in [-0.3, -0.25) is 9.59 Å². The molecule has 0 bridgehead atoms. The molecule has 0 heterocycles. The highest BCUT2D eigenvalue weighted by molar-refractivity contribution is 5.99. The van der Waals surface area contributed by atoms with Crippen LogP contribution in [0.15, 0.2) is 91.0 Å². The number of hydrogen-bond donors (Lipinski definition) is 2. The summed E-state index contributed by atoms with van der Waals surface area (Å²) in [5.41, 5.74) is 5.92. The fourth-order valence-corrected chi connectivity index (χ4v) is 3.67. The average Bonchev–Trinajstić information content (AvgIpc) is 2.80. The van der Waals surface area contributed by atoms with Crippen LogP contribution in [0.25, 0.3) is 0 Å². The molecular formula is C26H28N2O3. The minimum Gasteiger partial charge on any atom is -0.374 e. The van der Waals surface area contributed by atoms with Crippen molar-refractivity contribution < 1.29 is 14.3 Å². The first-order valence-corrected chi connectivity index (χ1v) is 10.2. The monoisotopic (exact) mass is 416 g/mol. The summed E-state index contributed by atoms with van der Waals surface area (Å²) in [5, 5.41) is 2.93. The van der Waals surface area contributed by atoms with E-state index in [0.717, 1.165) is 11.1 Å². The Morgan fingerprint density at radius 1 is 0.839 bits per heavy atom. The third kappa shape index (κ3) is 4.84. The number of nitrogens with one attached hydrogen (secondary N) is 1. The van der Waals surface area contributed by atoms with Crippen molar-refractivity contribution in [3.63, 3.8) is 0 Å². The molecular weight excluding hydrogens is 388 g/mol. The van der Waals surface area contributed by atoms with Gasteiger partial charge < -0.3 is 15.8 Å². The first-order chi connectivity index (χ1) is 14.9. The van der Waals surface area contributed by atoms with Gasteiger partial charge in [0, 0.05) is 11.0 Å². The fraction of sp³-hybridized carbons (Fsp3) is 0.231. The number of ether oxygens (including phenoxy) is 1. The molecule has 3 rings (SSSR count). The molecule has 0 aliphatic heterocycles. The summed E-state index contributed by atoms with van der Waals surface area (Å²) in [4.78, 5) is 26.1. The summed E-state index contributed by atoms with van der Waals surface area (Å²) in [5.74, 6) is -1.04. The summed E-state index contributed by atoms with van der Waals surface area (Å²) in [7, 11) is 0. The second-order valence-corrected chi connectivity index (χ2v) is 8.06. The maximum atomic E-state index is 13.1. The molecule has 1 atom stereocenters. The second-order valence-electron chi connectivity index (χ2n) is 8.06. The third-order valence-corrected chi connectivity index (χ3v) is 5.78. The Morgan fingerprint density at radius 3 is 1.90 bits per heavy atom. The van der Waals surface area contributed by atoms with E-state index < -0.39 is 16.9 Å². The molecule has 0 fully saturated rings. The average molecular weight is 417 g/mol. The number of carbonyl (C=O) groups is 2. The Kier molecular flexibility index (Phi) is 6.88. The largest absolute Gasteiger partial charge is 0.374 e. The van der Waals surface area contributed by atoms with Gasteiger partial charge in [-0.25, -0.2) is 0 Å². The molecule has 0 saturated heterocycles. The van der Waals surface area contributed by atoms with Gasteiger partial charge in [0.05, 0.1) is 13.2 Å². The van der Waals surface area contributed by atoms with Crippen LogP contribution in [0, 0.1) is 0 Å². The van der Waals surface area contributed by atoms with Gasteiger partial charge in [-0.2, -0.15) is 0 Å². The van der Waals surface area contributed by atoms with E-state index in [9.17, 15) is 9.59 Å². The lowest BCUT2D eigenvalue weighted by Gasteiger charge is -2.45. The van der Waals surface area contributed by atoms with Gasteiger partial charge in [-0.05, 0) is 23.3 Å². The van der Waals surface area contributed by atoms with Crippen LogP contribution in [0.2, 0.25) is 0 Å². The van der Waals surface area contributed by atoms with Gasteiger partial charge in [0.25, 0.3) is 5.91 Å². The number of carbonyl (C=O) groups excluding carboxylic acids is 2. The van der Waals surface area contributed by atoms with Crippen LogP contribution in [0.4, 0.5) is 0 Å². The van der Waals surface area contributed by atoms with Crippen molar-refractivity contribution in [2.75, 3.05) is 6.61 Å². The second kappa shape index (κ2) is 9.58. The predicted octanol–water partition coefficient (Wildman–Crippen LogP) is 3.84. The van der Waals surface area contributed by atoms with Crippen molar-refractivity contribution in [3.05, 3.63) is 108 Å². The molecule has 1 unspecified atom stereocenters. The van der Waals surface area contributed by atoms with Crippen molar-refractivity contribution in [2.45, 2.75) is 31.4 Å². The van der Waals surface area contributed by atoms with E-state index in [-0.39, 0.29) is 12.5 Å². The summed E-state index contributed by atoms with van der Waals surface area (Å²) >= 11 is 0. The number of benzene rings is 3. The zero-order valence-electron chi connectivity index (χ0n) is 17.9. The molecule has 0 radical (unpaired) electrons. The van der Waals surface area contributed by atoms with Crippen molar-refractivity contribution in [1.82, 2.24) is 5.32 Å². The molecule has 3 aromatic carbocycles. The van der Waals surface area contributed by atoms with E-state index in [2.05, 4.69) is 5.32 Å². The van der Waals surface area contributed by atoms with Gasteiger partial charge in [0.1, 0.15) is 0 Å². The van der Waals surface area contributed by atoms with E-state index in [4.69, 9.17) is 10.5 Å². The number of rotatable bonds is 9. The minimum absolute atomic E-state index is 0.0717. The van der Waals surface area contributed by atoms with Crippen LogP contribution in [0.5, 0.6) is 0 Å². The Labute approximate surface area is 183 Å². The van der Waals surface area contributed by atoms with E-state index >= 15 is 0 Å². The highest BCUT2D eigenvalue weighted by atomic mass is 16.5. The SMILES string of the molecule is CC(C)(c1ccccc1)C(COCc1ccccc1)(NC(=O)c1ccccc1)C(N)=O. The molecule has 2 amide bonds. The molecule has 3 aromatic rings. The quantitative estimate of drug-likeness (QED) is 0.556. The van der Waals surface area contributed by atoms with Crippen molar-refractivity contribution in [3.8, 4) is 0 Å². The third-order valence-electron chi connectivity index (χ3n) is 5.78. The topological polar surface area (TPSA) is 81.4 Å². The van der Waals surface area contributed by atoms with Gasteiger partial charge in [-0.15, -0.1) is 0 Å². The van der Waals surface area contributed by atoms with Gasteiger partial charge in [-0.1, -0.05) is 92.7 Å². The smallest absolute Gasteiger partial charge is 0.252 e. The van der Waals surface area contributed by atoms with E-state index in [1.54, 1.807) is 24.3 Å². The molecule has 160 valence electrons. The van der Waals surface area contributed by atoms with Gasteiger partial charge >= 0.3 is 0 Å². The first kappa shape index (κ1) is 22.2. The molecule has 5 nitrogen and oxygen atoms in total. The number of nitrogens with two attached hydrogens (primary N) is 1. The molecule has 0 saturated carbocycles. The van der Waals surface area contributed by atoms with Crippen molar-refractivity contribution in [1.29, 1.82) is 0 Å². The summed E-state index contributed by atoms with van der Waals surface area (Å²) in [6, 6.07) is 28.0. The van der Waals surface area contributed by atoms with Gasteiger partial charge in [0.15, 0.2) is 5.54 Å². The predicted molar refractivity (Wildman–Crippen MR) is 121 cm³/mol. The lowest BCUT2D eigenvalue weighted by molar-refractivity contribution is -0.130. The molecule has 0 aliphatic rings. The number of amides is 2. The Balaban J connectivity index is 1.97. The molecule has 31 heavy (non-hydrogen) atoms. The lowest BCUT2D eigenvalue weighted by Crippen LogP contribution is -2.69. The number of primary amides is 1. The van der Waals surface area contributed by atoms with E-state index in [0.29, 0.717) is 12.2 Å². The standard InChI is InChI=1S/C26H28N2O3/c1-25(2,22-16-10-5-11-17-22)26(24(27)30,19-31-18-20-12-6-3-7-13-20)28-23(29)21-14-8-4-9-15-21/h3-17H,18-19H2,1-2H3,(H2,27,30)(H,28,29). The Bertz CT molecular complexity index is 1000.